The topological polar surface area (TPSA) is 49.4 Å². The normalized spacial score (nSPS) is 13.4. The molecule has 4 nitrogen and oxygen atoms in total. The summed E-state index contributed by atoms with van der Waals surface area (Å²) < 4.78 is 0. The van der Waals surface area contributed by atoms with Crippen molar-refractivity contribution in [2.75, 3.05) is 16.8 Å². The molecule has 0 fully saturated rings. The fourth-order valence-corrected chi connectivity index (χ4v) is 2.93. The lowest BCUT2D eigenvalue weighted by molar-refractivity contribution is -0.134. The number of hydrogen-bond donors (Lipinski definition) is 1. The summed E-state index contributed by atoms with van der Waals surface area (Å²) in [6, 6.07) is 13.4. The molecular weight excluding hydrogens is 288 g/mol. The monoisotopic (exact) mass is 308 g/mol. The van der Waals surface area contributed by atoms with Crippen molar-refractivity contribution in [3.63, 3.8) is 0 Å². The van der Waals surface area contributed by atoms with Crippen LogP contribution in [0.3, 0.4) is 0 Å². The van der Waals surface area contributed by atoms with Crippen LogP contribution in [0.1, 0.15) is 23.1 Å². The van der Waals surface area contributed by atoms with Crippen molar-refractivity contribution < 1.29 is 9.59 Å². The maximum Gasteiger partial charge on any atom is 0.316 e. The second-order valence-electron chi connectivity index (χ2n) is 5.89. The molecule has 0 saturated heterocycles. The molecule has 0 aliphatic carbocycles. The number of rotatable bonds is 1. The van der Waals surface area contributed by atoms with E-state index < -0.39 is 11.8 Å². The Labute approximate surface area is 136 Å². The Hall–Kier alpha value is -2.62. The Kier molecular flexibility index (Phi) is 4.15. The van der Waals surface area contributed by atoms with Gasteiger partial charge in [0.1, 0.15) is 0 Å². The number of para-hydroxylation sites is 1. The first kappa shape index (κ1) is 15.3. The lowest BCUT2D eigenvalue weighted by Crippen LogP contribution is -2.42. The standard InChI is InChI=1S/C19H20N2O2/c1-13-7-5-10-16(14(13)2)20-18(22)19(23)21-12-6-9-15-8-3-4-11-17(15)21/h3-5,7-8,10-11H,6,9,12H2,1-2H3,(H,20,22). The molecule has 118 valence electrons. The van der Waals surface area contributed by atoms with Crippen LogP contribution in [0.4, 0.5) is 11.4 Å². The number of hydrogen-bond acceptors (Lipinski definition) is 2. The van der Waals surface area contributed by atoms with Gasteiger partial charge < -0.3 is 10.2 Å². The van der Waals surface area contributed by atoms with Crippen molar-refractivity contribution in [2.45, 2.75) is 26.7 Å². The Balaban J connectivity index is 1.81. The number of carbonyl (C=O) groups excluding carboxylic acids is 2. The van der Waals surface area contributed by atoms with Gasteiger partial charge in [0.2, 0.25) is 0 Å². The van der Waals surface area contributed by atoms with Crippen molar-refractivity contribution in [1.82, 2.24) is 0 Å². The van der Waals surface area contributed by atoms with E-state index in [2.05, 4.69) is 5.32 Å². The van der Waals surface area contributed by atoms with Gasteiger partial charge in [-0.1, -0.05) is 30.3 Å². The number of nitrogens with zero attached hydrogens (tertiary/aromatic N) is 1. The van der Waals surface area contributed by atoms with Gasteiger partial charge in [0.05, 0.1) is 0 Å². The van der Waals surface area contributed by atoms with E-state index in [-0.39, 0.29) is 0 Å². The van der Waals surface area contributed by atoms with Gasteiger partial charge in [-0.15, -0.1) is 0 Å². The van der Waals surface area contributed by atoms with E-state index in [1.807, 2.05) is 56.3 Å². The molecule has 0 atom stereocenters. The molecule has 1 N–H and O–H groups in total. The smallest absolute Gasteiger partial charge is 0.316 e. The van der Waals surface area contributed by atoms with Crippen molar-refractivity contribution in [3.05, 3.63) is 59.2 Å². The molecule has 0 bridgehead atoms. The lowest BCUT2D eigenvalue weighted by Gasteiger charge is -2.28. The highest BCUT2D eigenvalue weighted by atomic mass is 16.2. The maximum absolute atomic E-state index is 12.6. The van der Waals surface area contributed by atoms with Crippen molar-refractivity contribution in [3.8, 4) is 0 Å². The number of benzene rings is 2. The summed E-state index contributed by atoms with van der Waals surface area (Å²) in [4.78, 5) is 26.5. The van der Waals surface area contributed by atoms with Crippen LogP contribution in [0.2, 0.25) is 0 Å². The number of aryl methyl sites for hydroxylation is 2. The Morgan fingerprint density at radius 1 is 1.04 bits per heavy atom. The van der Waals surface area contributed by atoms with E-state index in [0.29, 0.717) is 12.2 Å². The third-order valence-corrected chi connectivity index (χ3v) is 4.40. The molecule has 0 radical (unpaired) electrons. The second-order valence-corrected chi connectivity index (χ2v) is 5.89. The molecule has 3 rings (SSSR count). The molecular formula is C19H20N2O2. The van der Waals surface area contributed by atoms with Crippen LogP contribution in [0.25, 0.3) is 0 Å². The summed E-state index contributed by atoms with van der Waals surface area (Å²) in [6.45, 7) is 4.50. The van der Waals surface area contributed by atoms with E-state index in [1.54, 1.807) is 4.90 Å². The first-order valence-corrected chi connectivity index (χ1v) is 7.85. The molecule has 0 aromatic heterocycles. The average molecular weight is 308 g/mol. The highest BCUT2D eigenvalue weighted by molar-refractivity contribution is 6.44. The van der Waals surface area contributed by atoms with E-state index >= 15 is 0 Å². The van der Waals surface area contributed by atoms with E-state index in [4.69, 9.17) is 0 Å². The fourth-order valence-electron chi connectivity index (χ4n) is 2.93. The summed E-state index contributed by atoms with van der Waals surface area (Å²) in [5.41, 5.74) is 4.71. The molecule has 1 heterocycles. The number of fused-ring (bicyclic) bond motifs is 1. The number of carbonyl (C=O) groups is 2. The minimum atomic E-state index is -0.588. The van der Waals surface area contributed by atoms with Crippen LogP contribution in [0.5, 0.6) is 0 Å². The molecule has 4 heteroatoms. The second kappa shape index (κ2) is 6.24. The summed E-state index contributed by atoms with van der Waals surface area (Å²) in [5, 5.41) is 2.75. The highest BCUT2D eigenvalue weighted by Gasteiger charge is 2.27. The van der Waals surface area contributed by atoms with Crippen LogP contribution in [-0.4, -0.2) is 18.4 Å². The van der Waals surface area contributed by atoms with Gasteiger partial charge in [-0.2, -0.15) is 0 Å². The fraction of sp³-hybridized carbons (Fsp3) is 0.263. The van der Waals surface area contributed by atoms with Crippen LogP contribution < -0.4 is 10.2 Å². The summed E-state index contributed by atoms with van der Waals surface area (Å²) in [5.74, 6) is -1.09. The minimum absolute atomic E-state index is 0.502. The summed E-state index contributed by atoms with van der Waals surface area (Å²) in [7, 11) is 0. The largest absolute Gasteiger partial charge is 0.318 e. The van der Waals surface area contributed by atoms with E-state index in [9.17, 15) is 9.59 Å². The van der Waals surface area contributed by atoms with Gasteiger partial charge in [0.25, 0.3) is 0 Å². The van der Waals surface area contributed by atoms with Gasteiger partial charge >= 0.3 is 11.8 Å². The van der Waals surface area contributed by atoms with Crippen molar-refractivity contribution >= 4 is 23.2 Å². The zero-order valence-corrected chi connectivity index (χ0v) is 13.4. The van der Waals surface area contributed by atoms with Gasteiger partial charge in [-0.3, -0.25) is 9.59 Å². The minimum Gasteiger partial charge on any atom is -0.318 e. The van der Waals surface area contributed by atoms with Crippen LogP contribution in [0, 0.1) is 13.8 Å². The molecule has 1 aliphatic rings. The molecule has 0 saturated carbocycles. The Bertz CT molecular complexity index is 768. The van der Waals surface area contributed by atoms with Crippen molar-refractivity contribution in [1.29, 1.82) is 0 Å². The number of amides is 2. The first-order valence-electron chi connectivity index (χ1n) is 7.85. The SMILES string of the molecule is Cc1cccc(NC(=O)C(=O)N2CCCc3ccccc32)c1C. The molecule has 2 amide bonds. The van der Waals surface area contributed by atoms with Crippen molar-refractivity contribution in [2.24, 2.45) is 0 Å². The molecule has 2 aromatic rings. The van der Waals surface area contributed by atoms with Crippen LogP contribution in [0.15, 0.2) is 42.5 Å². The molecule has 0 unspecified atom stereocenters. The number of anilines is 2. The first-order chi connectivity index (χ1) is 11.1. The zero-order valence-electron chi connectivity index (χ0n) is 13.4. The average Bonchev–Trinajstić information content (AvgIpc) is 2.57. The van der Waals surface area contributed by atoms with E-state index in [0.717, 1.165) is 35.2 Å². The third kappa shape index (κ3) is 2.97. The molecule has 0 spiro atoms. The molecule has 23 heavy (non-hydrogen) atoms. The lowest BCUT2D eigenvalue weighted by atomic mass is 10.0. The number of nitrogens with one attached hydrogen (secondary N) is 1. The molecule has 2 aromatic carbocycles. The quantitative estimate of drug-likeness (QED) is 0.822. The van der Waals surface area contributed by atoms with Crippen LogP contribution >= 0.6 is 0 Å². The maximum atomic E-state index is 12.6. The van der Waals surface area contributed by atoms with Gasteiger partial charge in [0, 0.05) is 17.9 Å². The van der Waals surface area contributed by atoms with Gasteiger partial charge in [0.15, 0.2) is 0 Å². The summed E-state index contributed by atoms with van der Waals surface area (Å²) in [6.07, 6.45) is 1.82. The highest BCUT2D eigenvalue weighted by Crippen LogP contribution is 2.27. The zero-order chi connectivity index (χ0) is 16.4. The van der Waals surface area contributed by atoms with Gasteiger partial charge in [-0.05, 0) is 55.5 Å². The van der Waals surface area contributed by atoms with Crippen LogP contribution in [-0.2, 0) is 16.0 Å². The predicted octanol–water partition coefficient (Wildman–Crippen LogP) is 3.22. The Morgan fingerprint density at radius 2 is 1.83 bits per heavy atom. The predicted molar refractivity (Wildman–Crippen MR) is 91.7 cm³/mol. The summed E-state index contributed by atoms with van der Waals surface area (Å²) >= 11 is 0. The van der Waals surface area contributed by atoms with E-state index in [1.165, 1.54) is 0 Å². The molecule has 1 aliphatic heterocycles. The van der Waals surface area contributed by atoms with Gasteiger partial charge in [-0.25, -0.2) is 0 Å². The third-order valence-electron chi connectivity index (χ3n) is 4.40. The Morgan fingerprint density at radius 3 is 2.65 bits per heavy atom.